The molecule has 1 saturated carbocycles. The minimum atomic E-state index is -4.10. The van der Waals surface area contributed by atoms with Crippen molar-refractivity contribution in [2.24, 2.45) is 11.1 Å². The van der Waals surface area contributed by atoms with Crippen LogP contribution >= 0.6 is 22.9 Å². The highest BCUT2D eigenvalue weighted by atomic mass is 35.5. The van der Waals surface area contributed by atoms with Crippen molar-refractivity contribution in [3.8, 4) is 0 Å². The van der Waals surface area contributed by atoms with Crippen LogP contribution < -0.4 is 10.5 Å². The largest absolute Gasteiger partial charge is 0.393 e. The monoisotopic (exact) mass is 502 g/mol. The highest BCUT2D eigenvalue weighted by molar-refractivity contribution is 7.84. The average Bonchev–Trinajstić information content (AvgIpc) is 3.27. The number of nitrogens with zero attached hydrogens (tertiary/aromatic N) is 2. The summed E-state index contributed by atoms with van der Waals surface area (Å²) >= 11 is 7.24. The van der Waals surface area contributed by atoms with Gasteiger partial charge in [0.1, 0.15) is 18.2 Å². The second-order valence-electron chi connectivity index (χ2n) is 7.62. The summed E-state index contributed by atoms with van der Waals surface area (Å²) in [5, 5.41) is 28.4. The van der Waals surface area contributed by atoms with E-state index in [1.165, 1.54) is 18.6 Å². The SMILES string of the molecule is C=C(C)[C@@H](O)c1cc(C(=O)c2cncnc2N[C@@H]2C[C@H](COS(N)(=O)=O)[C@@H](O)C2)sc1Cl. The fourth-order valence-electron chi connectivity index (χ4n) is 3.47. The first-order valence-electron chi connectivity index (χ1n) is 9.55. The fourth-order valence-corrected chi connectivity index (χ4v) is 5.11. The van der Waals surface area contributed by atoms with Gasteiger partial charge in [0, 0.05) is 23.7 Å². The summed E-state index contributed by atoms with van der Waals surface area (Å²) in [4.78, 5) is 21.5. The summed E-state index contributed by atoms with van der Waals surface area (Å²) in [7, 11) is -4.10. The van der Waals surface area contributed by atoms with Crippen molar-refractivity contribution in [1.29, 1.82) is 0 Å². The molecule has 2 aromatic rings. The minimum Gasteiger partial charge on any atom is -0.393 e. The van der Waals surface area contributed by atoms with E-state index in [0.29, 0.717) is 28.9 Å². The van der Waals surface area contributed by atoms with Crippen molar-refractivity contribution in [2.75, 3.05) is 11.9 Å². The van der Waals surface area contributed by atoms with E-state index in [9.17, 15) is 23.4 Å². The third kappa shape index (κ3) is 5.90. The van der Waals surface area contributed by atoms with Crippen molar-refractivity contribution >= 4 is 44.8 Å². The number of aliphatic hydroxyl groups excluding tert-OH is 2. The van der Waals surface area contributed by atoms with E-state index >= 15 is 0 Å². The van der Waals surface area contributed by atoms with Gasteiger partial charge < -0.3 is 15.5 Å². The van der Waals surface area contributed by atoms with E-state index in [0.717, 1.165) is 11.3 Å². The van der Waals surface area contributed by atoms with E-state index < -0.39 is 28.4 Å². The highest BCUT2D eigenvalue weighted by Crippen LogP contribution is 2.36. The standard InChI is InChI=1S/C19H23ClN4O6S2/c1-9(2)16(26)12-5-15(31-18(12)20)17(27)13-6-22-8-23-19(13)24-11-3-10(14(25)4-11)7-30-32(21,28)29/h5-6,8,10-11,14,16,25-26H,1,3-4,7H2,2H3,(H2,21,28,29)(H,22,23,24)/t10-,11-,14+,16-/m1/s1. The van der Waals surface area contributed by atoms with Gasteiger partial charge in [0.15, 0.2) is 0 Å². The normalized spacial score (nSPS) is 22.0. The summed E-state index contributed by atoms with van der Waals surface area (Å²) in [5.74, 6) is -0.566. The summed E-state index contributed by atoms with van der Waals surface area (Å²) in [5.41, 5.74) is 1.09. The van der Waals surface area contributed by atoms with Gasteiger partial charge in [0.2, 0.25) is 5.78 Å². The van der Waals surface area contributed by atoms with Gasteiger partial charge in [-0.25, -0.2) is 15.1 Å². The number of hydrogen-bond acceptors (Lipinski definition) is 10. The van der Waals surface area contributed by atoms with E-state index in [2.05, 4.69) is 26.0 Å². The number of nitrogens with one attached hydrogen (secondary N) is 1. The molecule has 174 valence electrons. The second kappa shape index (κ2) is 9.91. The number of thiophene rings is 1. The number of hydrogen-bond donors (Lipinski definition) is 4. The van der Waals surface area contributed by atoms with Gasteiger partial charge in [-0.05, 0) is 31.4 Å². The van der Waals surface area contributed by atoms with Crippen LogP contribution in [0.25, 0.3) is 0 Å². The zero-order valence-electron chi connectivity index (χ0n) is 17.1. The molecule has 13 heteroatoms. The number of aliphatic hydroxyl groups is 2. The number of rotatable bonds is 9. The molecule has 0 bridgehead atoms. The molecule has 1 aliphatic rings. The number of carbonyl (C=O) groups is 1. The molecule has 1 aliphatic carbocycles. The lowest BCUT2D eigenvalue weighted by Gasteiger charge is -2.15. The van der Waals surface area contributed by atoms with Gasteiger partial charge in [0.05, 0.1) is 27.5 Å². The Balaban J connectivity index is 1.76. The minimum absolute atomic E-state index is 0.195. The van der Waals surface area contributed by atoms with Crippen LogP contribution in [0.5, 0.6) is 0 Å². The maximum absolute atomic E-state index is 13.1. The lowest BCUT2D eigenvalue weighted by molar-refractivity contribution is 0.101. The Labute approximate surface area is 194 Å². The number of ketones is 1. The third-order valence-electron chi connectivity index (χ3n) is 5.10. The molecule has 2 heterocycles. The van der Waals surface area contributed by atoms with Crippen molar-refractivity contribution in [3.63, 3.8) is 0 Å². The quantitative estimate of drug-likeness (QED) is 0.295. The van der Waals surface area contributed by atoms with E-state index in [4.69, 9.17) is 16.7 Å². The Kier molecular flexibility index (Phi) is 7.65. The average molecular weight is 503 g/mol. The van der Waals surface area contributed by atoms with Crippen LogP contribution in [0.15, 0.2) is 30.7 Å². The Morgan fingerprint density at radius 3 is 2.88 bits per heavy atom. The van der Waals surface area contributed by atoms with Crippen LogP contribution in [0.2, 0.25) is 4.34 Å². The molecule has 0 amide bonds. The van der Waals surface area contributed by atoms with Gasteiger partial charge in [-0.2, -0.15) is 8.42 Å². The maximum Gasteiger partial charge on any atom is 0.333 e. The molecule has 1 fully saturated rings. The lowest BCUT2D eigenvalue weighted by atomic mass is 10.1. The number of anilines is 1. The van der Waals surface area contributed by atoms with Gasteiger partial charge >= 0.3 is 10.3 Å². The molecular weight excluding hydrogens is 480 g/mol. The summed E-state index contributed by atoms with van der Waals surface area (Å²) in [6.07, 6.45) is 1.54. The first-order chi connectivity index (χ1) is 15.0. The Morgan fingerprint density at radius 1 is 1.50 bits per heavy atom. The molecule has 0 spiro atoms. The third-order valence-corrected chi connectivity index (χ3v) is 6.95. The molecular formula is C19H23ClN4O6S2. The number of aromatic nitrogens is 2. The summed E-state index contributed by atoms with van der Waals surface area (Å²) in [6, 6.07) is 1.24. The van der Waals surface area contributed by atoms with Gasteiger partial charge in [-0.3, -0.25) is 8.98 Å². The van der Waals surface area contributed by atoms with Crippen LogP contribution in [0, 0.1) is 5.92 Å². The first kappa shape index (κ1) is 24.7. The molecule has 10 nitrogen and oxygen atoms in total. The Morgan fingerprint density at radius 2 is 2.22 bits per heavy atom. The molecule has 4 atom stereocenters. The van der Waals surface area contributed by atoms with Crippen molar-refractivity contribution < 1.29 is 27.6 Å². The molecule has 0 radical (unpaired) electrons. The Hall–Kier alpha value is -1.93. The predicted octanol–water partition coefficient (Wildman–Crippen LogP) is 1.80. The van der Waals surface area contributed by atoms with Crippen molar-refractivity contribution in [1.82, 2.24) is 9.97 Å². The molecule has 0 aliphatic heterocycles. The summed E-state index contributed by atoms with van der Waals surface area (Å²) in [6.45, 7) is 5.12. The van der Waals surface area contributed by atoms with Crippen LogP contribution in [0.4, 0.5) is 5.82 Å². The van der Waals surface area contributed by atoms with Crippen LogP contribution in [0.3, 0.4) is 0 Å². The van der Waals surface area contributed by atoms with Crippen molar-refractivity contribution in [3.05, 3.63) is 51.1 Å². The highest BCUT2D eigenvalue weighted by Gasteiger charge is 2.35. The number of nitrogens with two attached hydrogens (primary N) is 1. The zero-order chi connectivity index (χ0) is 23.6. The smallest absolute Gasteiger partial charge is 0.333 e. The molecule has 5 N–H and O–H groups in total. The number of carbonyl (C=O) groups excluding carboxylic acids is 1. The Bertz CT molecular complexity index is 1120. The van der Waals surface area contributed by atoms with Gasteiger partial charge in [-0.1, -0.05) is 18.2 Å². The molecule has 0 aromatic carbocycles. The second-order valence-corrected chi connectivity index (χ2v) is 10.5. The van der Waals surface area contributed by atoms with Crippen molar-refractivity contribution in [2.45, 2.75) is 38.0 Å². The van der Waals surface area contributed by atoms with E-state index in [-0.39, 0.29) is 34.1 Å². The zero-order valence-corrected chi connectivity index (χ0v) is 19.5. The van der Waals surface area contributed by atoms with E-state index in [1.54, 1.807) is 6.92 Å². The van der Waals surface area contributed by atoms with Crippen LogP contribution in [-0.2, 0) is 14.5 Å². The topological polar surface area (TPSA) is 165 Å². The molecule has 0 unspecified atom stereocenters. The molecule has 32 heavy (non-hydrogen) atoms. The molecule has 2 aromatic heterocycles. The van der Waals surface area contributed by atoms with E-state index in [1.807, 2.05) is 0 Å². The molecule has 0 saturated heterocycles. The maximum atomic E-state index is 13.1. The lowest BCUT2D eigenvalue weighted by Crippen LogP contribution is -2.24. The predicted molar refractivity (Wildman–Crippen MR) is 120 cm³/mol. The summed E-state index contributed by atoms with van der Waals surface area (Å²) < 4.78 is 26.9. The molecule has 3 rings (SSSR count). The number of halogens is 1. The fraction of sp³-hybridized carbons (Fsp3) is 0.421. The first-order valence-corrected chi connectivity index (χ1v) is 12.2. The van der Waals surface area contributed by atoms with Crippen LogP contribution in [0.1, 0.15) is 46.7 Å². The van der Waals surface area contributed by atoms with Gasteiger partial charge in [0.25, 0.3) is 0 Å². The van der Waals surface area contributed by atoms with Gasteiger partial charge in [-0.15, -0.1) is 11.3 Å². The van der Waals surface area contributed by atoms with Crippen LogP contribution in [-0.4, -0.2) is 53.1 Å².